The Morgan fingerprint density at radius 1 is 1.24 bits per heavy atom. The Hall–Kier alpha value is -1.85. The molecular formula is C15H26N2O4. The molecule has 0 radical (unpaired) electrons. The van der Waals surface area contributed by atoms with Crippen molar-refractivity contribution in [2.24, 2.45) is 11.3 Å². The van der Waals surface area contributed by atoms with Crippen LogP contribution in [-0.4, -0.2) is 37.5 Å². The first-order valence-corrected chi connectivity index (χ1v) is 6.92. The van der Waals surface area contributed by atoms with Gasteiger partial charge in [-0.05, 0) is 5.41 Å². The Labute approximate surface area is 126 Å². The summed E-state index contributed by atoms with van der Waals surface area (Å²) < 4.78 is 4.84. The number of amides is 2. The first-order chi connectivity index (χ1) is 9.63. The molecule has 2 N–H and O–H groups in total. The van der Waals surface area contributed by atoms with E-state index in [0.29, 0.717) is 0 Å². The minimum Gasteiger partial charge on any atom is -0.461 e. The van der Waals surface area contributed by atoms with E-state index in [0.717, 1.165) is 0 Å². The normalized spacial score (nSPS) is 13.8. The van der Waals surface area contributed by atoms with Gasteiger partial charge in [0.15, 0.2) is 0 Å². The topological polar surface area (TPSA) is 84.5 Å². The standard InChI is InChI=1S/C15H26N2O4/c1-7-8-21-11(18)9-10(2)13(19)17-12(14(20)16-6)15(3,4)5/h7,10,12H,1,8-9H2,2-6H3,(H,16,20)(H,17,19). The number of carbonyl (C=O) groups excluding carboxylic acids is 3. The fraction of sp³-hybridized carbons (Fsp3) is 0.667. The van der Waals surface area contributed by atoms with Crippen molar-refractivity contribution >= 4 is 17.8 Å². The van der Waals surface area contributed by atoms with E-state index in [1.165, 1.54) is 13.1 Å². The van der Waals surface area contributed by atoms with Crippen molar-refractivity contribution in [2.75, 3.05) is 13.7 Å². The van der Waals surface area contributed by atoms with Gasteiger partial charge in [-0.25, -0.2) is 0 Å². The maximum Gasteiger partial charge on any atom is 0.306 e. The van der Waals surface area contributed by atoms with Gasteiger partial charge in [-0.15, -0.1) is 0 Å². The molecule has 6 nitrogen and oxygen atoms in total. The minimum absolute atomic E-state index is 0.0374. The quantitative estimate of drug-likeness (QED) is 0.543. The lowest BCUT2D eigenvalue weighted by molar-refractivity contribution is -0.145. The van der Waals surface area contributed by atoms with Crippen LogP contribution in [0, 0.1) is 11.3 Å². The number of nitrogens with one attached hydrogen (secondary N) is 2. The summed E-state index contributed by atoms with van der Waals surface area (Å²) in [5.41, 5.74) is -0.432. The summed E-state index contributed by atoms with van der Waals surface area (Å²) in [6.45, 7) is 10.8. The predicted octanol–water partition coefficient (Wildman–Crippen LogP) is 1.02. The first kappa shape index (κ1) is 19.1. The van der Waals surface area contributed by atoms with Gasteiger partial charge < -0.3 is 15.4 Å². The maximum absolute atomic E-state index is 12.1. The molecule has 0 rings (SSSR count). The summed E-state index contributed by atoms with van der Waals surface area (Å²) in [5, 5.41) is 5.22. The molecule has 6 heteroatoms. The summed E-state index contributed by atoms with van der Waals surface area (Å²) in [7, 11) is 1.52. The second kappa shape index (κ2) is 8.44. The van der Waals surface area contributed by atoms with Gasteiger partial charge in [0.05, 0.1) is 6.42 Å². The molecule has 0 heterocycles. The van der Waals surface area contributed by atoms with Gasteiger partial charge >= 0.3 is 5.97 Å². The van der Waals surface area contributed by atoms with Crippen LogP contribution in [0.4, 0.5) is 0 Å². The molecule has 0 spiro atoms. The molecule has 0 saturated carbocycles. The van der Waals surface area contributed by atoms with Crippen LogP contribution >= 0.6 is 0 Å². The summed E-state index contributed by atoms with van der Waals surface area (Å²) >= 11 is 0. The van der Waals surface area contributed by atoms with E-state index in [1.807, 2.05) is 20.8 Å². The van der Waals surface area contributed by atoms with Crippen LogP contribution in [0.1, 0.15) is 34.1 Å². The SMILES string of the molecule is C=CCOC(=O)CC(C)C(=O)NC(C(=O)NC)C(C)(C)C. The highest BCUT2D eigenvalue weighted by molar-refractivity contribution is 5.90. The van der Waals surface area contributed by atoms with Gasteiger partial charge in [-0.2, -0.15) is 0 Å². The van der Waals surface area contributed by atoms with Crippen molar-refractivity contribution in [3.05, 3.63) is 12.7 Å². The van der Waals surface area contributed by atoms with E-state index in [2.05, 4.69) is 17.2 Å². The van der Waals surface area contributed by atoms with Crippen molar-refractivity contribution in [3.63, 3.8) is 0 Å². The highest BCUT2D eigenvalue weighted by Crippen LogP contribution is 2.20. The number of rotatable bonds is 7. The summed E-state index contributed by atoms with van der Waals surface area (Å²) in [4.78, 5) is 35.4. The smallest absolute Gasteiger partial charge is 0.306 e. The van der Waals surface area contributed by atoms with Crippen LogP contribution in [0.5, 0.6) is 0 Å². The fourth-order valence-electron chi connectivity index (χ4n) is 1.66. The Kier molecular flexibility index (Phi) is 7.70. The summed E-state index contributed by atoms with van der Waals surface area (Å²) in [5.74, 6) is -1.66. The third-order valence-electron chi connectivity index (χ3n) is 2.94. The minimum atomic E-state index is -0.665. The van der Waals surface area contributed by atoms with Gasteiger partial charge in [-0.3, -0.25) is 14.4 Å². The van der Waals surface area contributed by atoms with Crippen LogP contribution in [0.25, 0.3) is 0 Å². The molecule has 2 atom stereocenters. The first-order valence-electron chi connectivity index (χ1n) is 6.92. The van der Waals surface area contributed by atoms with Crippen molar-refractivity contribution < 1.29 is 19.1 Å². The van der Waals surface area contributed by atoms with E-state index in [1.54, 1.807) is 6.92 Å². The summed E-state index contributed by atoms with van der Waals surface area (Å²) in [6, 6.07) is -0.665. The second-order valence-electron chi connectivity index (χ2n) is 6.00. The van der Waals surface area contributed by atoms with Crippen LogP contribution in [0.3, 0.4) is 0 Å². The van der Waals surface area contributed by atoms with Crippen LogP contribution in [-0.2, 0) is 19.1 Å². The van der Waals surface area contributed by atoms with Crippen molar-refractivity contribution in [2.45, 2.75) is 40.2 Å². The highest BCUT2D eigenvalue weighted by atomic mass is 16.5. The van der Waals surface area contributed by atoms with Gasteiger partial charge in [-0.1, -0.05) is 40.3 Å². The number of hydrogen-bond donors (Lipinski definition) is 2. The molecule has 0 aliphatic rings. The molecule has 0 aromatic carbocycles. The third-order valence-corrected chi connectivity index (χ3v) is 2.94. The lowest BCUT2D eigenvalue weighted by atomic mass is 9.85. The molecule has 21 heavy (non-hydrogen) atoms. The molecule has 2 unspecified atom stereocenters. The van der Waals surface area contributed by atoms with E-state index in [9.17, 15) is 14.4 Å². The maximum atomic E-state index is 12.1. The number of ether oxygens (including phenoxy) is 1. The Bertz CT molecular complexity index is 399. The molecule has 0 aromatic rings. The largest absolute Gasteiger partial charge is 0.461 e. The monoisotopic (exact) mass is 298 g/mol. The number of esters is 1. The summed E-state index contributed by atoms with van der Waals surface area (Å²) in [6.07, 6.45) is 1.42. The van der Waals surface area contributed by atoms with E-state index in [4.69, 9.17) is 4.74 Å². The van der Waals surface area contributed by atoms with Gasteiger partial charge in [0.25, 0.3) is 0 Å². The molecule has 0 aromatic heterocycles. The second-order valence-corrected chi connectivity index (χ2v) is 6.00. The van der Waals surface area contributed by atoms with Crippen LogP contribution in [0.2, 0.25) is 0 Å². The van der Waals surface area contributed by atoms with Crippen LogP contribution < -0.4 is 10.6 Å². The molecular weight excluding hydrogens is 272 g/mol. The van der Waals surface area contributed by atoms with E-state index < -0.39 is 23.3 Å². The predicted molar refractivity (Wildman–Crippen MR) is 80.4 cm³/mol. The van der Waals surface area contributed by atoms with Gasteiger partial charge in [0, 0.05) is 13.0 Å². The number of carbonyl (C=O) groups is 3. The number of likely N-dealkylation sites (N-methyl/N-ethyl adjacent to an activating group) is 1. The number of hydrogen-bond acceptors (Lipinski definition) is 4. The Morgan fingerprint density at radius 3 is 2.24 bits per heavy atom. The fourth-order valence-corrected chi connectivity index (χ4v) is 1.66. The van der Waals surface area contributed by atoms with Crippen molar-refractivity contribution in [3.8, 4) is 0 Å². The lowest BCUT2D eigenvalue weighted by Crippen LogP contribution is -2.54. The molecule has 120 valence electrons. The molecule has 0 aliphatic carbocycles. The van der Waals surface area contributed by atoms with E-state index in [-0.39, 0.29) is 24.8 Å². The zero-order chi connectivity index (χ0) is 16.6. The molecule has 0 bridgehead atoms. The van der Waals surface area contributed by atoms with Crippen LogP contribution in [0.15, 0.2) is 12.7 Å². The average molecular weight is 298 g/mol. The molecule has 0 fully saturated rings. The van der Waals surface area contributed by atoms with Gasteiger partial charge in [0.1, 0.15) is 12.6 Å². The average Bonchev–Trinajstić information content (AvgIpc) is 2.39. The van der Waals surface area contributed by atoms with Crippen molar-refractivity contribution in [1.29, 1.82) is 0 Å². The Morgan fingerprint density at radius 2 is 1.81 bits per heavy atom. The van der Waals surface area contributed by atoms with Gasteiger partial charge in [0.2, 0.25) is 11.8 Å². The molecule has 0 saturated heterocycles. The zero-order valence-electron chi connectivity index (χ0n) is 13.5. The third kappa shape index (κ3) is 6.92. The van der Waals surface area contributed by atoms with Crippen molar-refractivity contribution in [1.82, 2.24) is 10.6 Å². The molecule has 0 aliphatic heterocycles. The lowest BCUT2D eigenvalue weighted by Gasteiger charge is -2.30. The Balaban J connectivity index is 4.65. The molecule has 2 amide bonds. The highest BCUT2D eigenvalue weighted by Gasteiger charge is 2.33. The van der Waals surface area contributed by atoms with E-state index >= 15 is 0 Å². The zero-order valence-corrected chi connectivity index (χ0v) is 13.5.